The van der Waals surface area contributed by atoms with Gasteiger partial charge in [-0.05, 0) is 30.7 Å². The Morgan fingerprint density at radius 2 is 2.16 bits per heavy atom. The second-order valence-corrected chi connectivity index (χ2v) is 4.12. The van der Waals surface area contributed by atoms with Gasteiger partial charge in [0.25, 0.3) is 0 Å². The minimum Gasteiger partial charge on any atom is -0.496 e. The van der Waals surface area contributed by atoms with Crippen LogP contribution in [-0.4, -0.2) is 18.1 Å². The molecule has 2 aromatic rings. The van der Waals surface area contributed by atoms with Gasteiger partial charge in [0.2, 0.25) is 0 Å². The number of nitrogens with zero attached hydrogens (tertiary/aromatic N) is 1. The summed E-state index contributed by atoms with van der Waals surface area (Å²) < 4.78 is 10.4. The lowest BCUT2D eigenvalue weighted by Gasteiger charge is -2.08. The molecule has 1 heterocycles. The Labute approximate surface area is 112 Å². The maximum atomic E-state index is 11.9. The van der Waals surface area contributed by atoms with Crippen LogP contribution in [0.25, 0.3) is 0 Å². The normalized spacial score (nSPS) is 10.0. The molecule has 0 aliphatic rings. The van der Waals surface area contributed by atoms with Gasteiger partial charge in [0.1, 0.15) is 12.4 Å². The first-order chi connectivity index (χ1) is 9.20. The molecule has 0 aliphatic carbocycles. The monoisotopic (exact) mass is 257 g/mol. The van der Waals surface area contributed by atoms with Gasteiger partial charge in [-0.3, -0.25) is 4.98 Å². The summed E-state index contributed by atoms with van der Waals surface area (Å²) >= 11 is 0. The van der Waals surface area contributed by atoms with Crippen molar-refractivity contribution in [1.29, 1.82) is 0 Å². The molecule has 0 saturated carbocycles. The second-order valence-electron chi connectivity index (χ2n) is 4.12. The summed E-state index contributed by atoms with van der Waals surface area (Å²) in [6, 6.07) is 8.90. The van der Waals surface area contributed by atoms with Gasteiger partial charge in [0.15, 0.2) is 0 Å². The van der Waals surface area contributed by atoms with Crippen molar-refractivity contribution in [2.24, 2.45) is 0 Å². The summed E-state index contributed by atoms with van der Waals surface area (Å²) in [7, 11) is 1.58. The van der Waals surface area contributed by atoms with Crippen LogP contribution >= 0.6 is 0 Å². The van der Waals surface area contributed by atoms with Gasteiger partial charge < -0.3 is 9.47 Å². The van der Waals surface area contributed by atoms with Gasteiger partial charge >= 0.3 is 5.97 Å². The molecule has 0 N–H and O–H groups in total. The maximum Gasteiger partial charge on any atom is 0.338 e. The topological polar surface area (TPSA) is 48.4 Å². The van der Waals surface area contributed by atoms with Crippen LogP contribution in [0.1, 0.15) is 21.5 Å². The third-order valence-electron chi connectivity index (χ3n) is 2.74. The average Bonchev–Trinajstić information content (AvgIpc) is 2.46. The van der Waals surface area contributed by atoms with Gasteiger partial charge in [-0.2, -0.15) is 0 Å². The van der Waals surface area contributed by atoms with Crippen LogP contribution in [0.5, 0.6) is 5.75 Å². The van der Waals surface area contributed by atoms with Crippen molar-refractivity contribution in [2.45, 2.75) is 13.5 Å². The number of aryl methyl sites for hydroxylation is 1. The molecule has 0 radical (unpaired) electrons. The van der Waals surface area contributed by atoms with E-state index in [2.05, 4.69) is 4.98 Å². The second kappa shape index (κ2) is 6.00. The fourth-order valence-electron chi connectivity index (χ4n) is 1.66. The van der Waals surface area contributed by atoms with Crippen LogP contribution in [0, 0.1) is 6.92 Å². The Hall–Kier alpha value is -2.36. The number of carbonyl (C=O) groups excluding carboxylic acids is 1. The number of carbonyl (C=O) groups is 1. The highest BCUT2D eigenvalue weighted by atomic mass is 16.5. The number of hydrogen-bond acceptors (Lipinski definition) is 4. The molecule has 0 saturated heterocycles. The Morgan fingerprint density at radius 1 is 1.32 bits per heavy atom. The predicted molar refractivity (Wildman–Crippen MR) is 71.1 cm³/mol. The zero-order chi connectivity index (χ0) is 13.7. The van der Waals surface area contributed by atoms with Crippen molar-refractivity contribution < 1.29 is 14.3 Å². The van der Waals surface area contributed by atoms with E-state index >= 15 is 0 Å². The zero-order valence-corrected chi connectivity index (χ0v) is 10.9. The fraction of sp³-hybridized carbons (Fsp3) is 0.200. The number of esters is 1. The van der Waals surface area contributed by atoms with E-state index in [1.807, 2.05) is 19.1 Å². The summed E-state index contributed by atoms with van der Waals surface area (Å²) in [5.74, 6) is 0.304. The van der Waals surface area contributed by atoms with Gasteiger partial charge in [0, 0.05) is 18.0 Å². The average molecular weight is 257 g/mol. The Bertz CT molecular complexity index is 567. The van der Waals surface area contributed by atoms with Crippen molar-refractivity contribution in [3.05, 3.63) is 59.4 Å². The van der Waals surface area contributed by atoms with Crippen molar-refractivity contribution in [1.82, 2.24) is 4.98 Å². The molecule has 4 nitrogen and oxygen atoms in total. The number of rotatable bonds is 4. The van der Waals surface area contributed by atoms with Crippen LogP contribution in [0.4, 0.5) is 0 Å². The highest BCUT2D eigenvalue weighted by molar-refractivity contribution is 5.90. The van der Waals surface area contributed by atoms with Crippen molar-refractivity contribution in [3.8, 4) is 5.75 Å². The first-order valence-electron chi connectivity index (χ1n) is 5.91. The summed E-state index contributed by atoms with van der Waals surface area (Å²) in [6.07, 6.45) is 3.35. The smallest absolute Gasteiger partial charge is 0.338 e. The lowest BCUT2D eigenvalue weighted by Crippen LogP contribution is -2.06. The molecule has 0 atom stereocenters. The largest absolute Gasteiger partial charge is 0.496 e. The molecule has 19 heavy (non-hydrogen) atoms. The first kappa shape index (κ1) is 13.1. The lowest BCUT2D eigenvalue weighted by atomic mass is 10.1. The van der Waals surface area contributed by atoms with E-state index in [9.17, 15) is 4.79 Å². The number of hydrogen-bond donors (Lipinski definition) is 0. The number of ether oxygens (including phenoxy) is 2. The van der Waals surface area contributed by atoms with E-state index < -0.39 is 0 Å². The van der Waals surface area contributed by atoms with E-state index in [1.165, 1.54) is 0 Å². The minimum absolute atomic E-state index is 0.211. The third-order valence-corrected chi connectivity index (χ3v) is 2.74. The SMILES string of the molecule is COc1cc(C(=O)OCc2cccnc2)ccc1C. The van der Waals surface area contributed by atoms with Crippen LogP contribution in [-0.2, 0) is 11.3 Å². The van der Waals surface area contributed by atoms with Crippen molar-refractivity contribution in [3.63, 3.8) is 0 Å². The molecule has 0 unspecified atom stereocenters. The quantitative estimate of drug-likeness (QED) is 0.790. The zero-order valence-electron chi connectivity index (χ0n) is 10.9. The van der Waals surface area contributed by atoms with E-state index in [4.69, 9.17) is 9.47 Å². The summed E-state index contributed by atoms with van der Waals surface area (Å²) in [5.41, 5.74) is 2.31. The van der Waals surface area contributed by atoms with Crippen LogP contribution in [0.15, 0.2) is 42.7 Å². The van der Waals surface area contributed by atoms with Crippen LogP contribution < -0.4 is 4.74 Å². The third kappa shape index (κ3) is 3.31. The summed E-state index contributed by atoms with van der Waals surface area (Å²) in [6.45, 7) is 2.13. The molecule has 0 bridgehead atoms. The van der Waals surface area contributed by atoms with E-state index in [0.717, 1.165) is 11.1 Å². The maximum absolute atomic E-state index is 11.9. The van der Waals surface area contributed by atoms with E-state index in [1.54, 1.807) is 37.7 Å². The number of methoxy groups -OCH3 is 1. The van der Waals surface area contributed by atoms with Crippen LogP contribution in [0.3, 0.4) is 0 Å². The van der Waals surface area contributed by atoms with E-state index in [-0.39, 0.29) is 12.6 Å². The van der Waals surface area contributed by atoms with Crippen molar-refractivity contribution >= 4 is 5.97 Å². The molecule has 1 aromatic heterocycles. The van der Waals surface area contributed by atoms with Crippen molar-refractivity contribution in [2.75, 3.05) is 7.11 Å². The molecule has 0 amide bonds. The minimum atomic E-state index is -0.373. The van der Waals surface area contributed by atoms with Crippen LogP contribution in [0.2, 0.25) is 0 Å². The van der Waals surface area contributed by atoms with Gasteiger partial charge in [-0.25, -0.2) is 4.79 Å². The summed E-state index contributed by atoms with van der Waals surface area (Å²) in [5, 5.41) is 0. The fourth-order valence-corrected chi connectivity index (χ4v) is 1.66. The standard InChI is InChI=1S/C15H15NO3/c1-11-5-6-13(8-14(11)18-2)15(17)19-10-12-4-3-7-16-9-12/h3-9H,10H2,1-2H3. The Balaban J connectivity index is 2.04. The molecule has 4 heteroatoms. The summed E-state index contributed by atoms with van der Waals surface area (Å²) in [4.78, 5) is 15.9. The number of aromatic nitrogens is 1. The molecular weight excluding hydrogens is 242 g/mol. The molecule has 0 aliphatic heterocycles. The molecule has 2 rings (SSSR count). The van der Waals surface area contributed by atoms with E-state index in [0.29, 0.717) is 11.3 Å². The Kier molecular flexibility index (Phi) is 4.13. The molecule has 1 aromatic carbocycles. The van der Waals surface area contributed by atoms with Gasteiger partial charge in [0.05, 0.1) is 12.7 Å². The van der Waals surface area contributed by atoms with Gasteiger partial charge in [-0.15, -0.1) is 0 Å². The first-order valence-corrected chi connectivity index (χ1v) is 5.91. The number of benzene rings is 1. The lowest BCUT2D eigenvalue weighted by molar-refractivity contribution is 0.0472. The highest BCUT2D eigenvalue weighted by Crippen LogP contribution is 2.19. The molecule has 98 valence electrons. The predicted octanol–water partition coefficient (Wildman–Crippen LogP) is 2.76. The number of pyridine rings is 1. The molecule has 0 spiro atoms. The highest BCUT2D eigenvalue weighted by Gasteiger charge is 2.10. The Morgan fingerprint density at radius 3 is 2.84 bits per heavy atom. The molecular formula is C15H15NO3. The van der Waals surface area contributed by atoms with Gasteiger partial charge in [-0.1, -0.05) is 12.1 Å². The molecule has 0 fully saturated rings.